The zero-order chi connectivity index (χ0) is 23.8. The summed E-state index contributed by atoms with van der Waals surface area (Å²) in [6.45, 7) is 4.07. The summed E-state index contributed by atoms with van der Waals surface area (Å²) in [4.78, 5) is 12.3. The summed E-state index contributed by atoms with van der Waals surface area (Å²) in [5.74, 6) is 1.20. The number of benzene rings is 3. The lowest BCUT2D eigenvalue weighted by atomic mass is 10.2. The molecule has 0 heterocycles. The van der Waals surface area contributed by atoms with Gasteiger partial charge in [0.1, 0.15) is 17.2 Å². The van der Waals surface area contributed by atoms with Crippen molar-refractivity contribution in [3.05, 3.63) is 72.3 Å². The molecular formula is C24H26N2O6S. The van der Waals surface area contributed by atoms with E-state index in [1.807, 2.05) is 19.9 Å². The van der Waals surface area contributed by atoms with Crippen molar-refractivity contribution in [3.8, 4) is 17.2 Å². The molecule has 2 N–H and O–H groups in total. The third kappa shape index (κ3) is 6.63. The quantitative estimate of drug-likeness (QED) is 0.460. The summed E-state index contributed by atoms with van der Waals surface area (Å²) in [7, 11) is -2.25. The number of carbonyl (C=O) groups excluding carboxylic acids is 1. The molecule has 0 atom stereocenters. The van der Waals surface area contributed by atoms with E-state index in [0.717, 1.165) is 5.56 Å². The summed E-state index contributed by atoms with van der Waals surface area (Å²) < 4.78 is 43.8. The molecule has 33 heavy (non-hydrogen) atoms. The molecule has 0 fully saturated rings. The van der Waals surface area contributed by atoms with Gasteiger partial charge in [-0.05, 0) is 80.1 Å². The number of aryl methyl sites for hydroxylation is 1. The maximum absolute atomic E-state index is 12.6. The van der Waals surface area contributed by atoms with Gasteiger partial charge in [0.2, 0.25) is 0 Å². The average Bonchev–Trinajstić information content (AvgIpc) is 2.79. The van der Waals surface area contributed by atoms with Crippen LogP contribution in [-0.2, 0) is 14.8 Å². The number of rotatable bonds is 10. The minimum atomic E-state index is -3.78. The molecule has 0 saturated carbocycles. The van der Waals surface area contributed by atoms with Gasteiger partial charge in [-0.25, -0.2) is 8.42 Å². The van der Waals surface area contributed by atoms with Gasteiger partial charge in [0.25, 0.3) is 15.9 Å². The van der Waals surface area contributed by atoms with Gasteiger partial charge >= 0.3 is 0 Å². The molecule has 8 nitrogen and oxygen atoms in total. The van der Waals surface area contributed by atoms with Crippen LogP contribution in [0, 0.1) is 6.92 Å². The number of hydrogen-bond acceptors (Lipinski definition) is 6. The molecule has 9 heteroatoms. The monoisotopic (exact) mass is 470 g/mol. The highest BCUT2D eigenvalue weighted by atomic mass is 32.2. The van der Waals surface area contributed by atoms with Gasteiger partial charge in [-0.1, -0.05) is 6.07 Å². The Bertz CT molecular complexity index is 1190. The molecule has 0 aromatic heterocycles. The van der Waals surface area contributed by atoms with Crippen LogP contribution in [0.15, 0.2) is 71.6 Å². The van der Waals surface area contributed by atoms with Crippen LogP contribution >= 0.6 is 0 Å². The Hall–Kier alpha value is -3.72. The molecule has 1 amide bonds. The molecule has 0 aliphatic heterocycles. The molecule has 0 unspecified atom stereocenters. The molecule has 0 aliphatic rings. The molecule has 3 rings (SSSR count). The van der Waals surface area contributed by atoms with Crippen LogP contribution in [0.4, 0.5) is 11.4 Å². The Balaban J connectivity index is 1.58. The largest absolute Gasteiger partial charge is 0.495 e. The smallest absolute Gasteiger partial charge is 0.262 e. The first-order valence-corrected chi connectivity index (χ1v) is 11.7. The van der Waals surface area contributed by atoms with Crippen LogP contribution in [-0.4, -0.2) is 34.6 Å². The van der Waals surface area contributed by atoms with E-state index in [-0.39, 0.29) is 17.4 Å². The van der Waals surface area contributed by atoms with E-state index in [4.69, 9.17) is 14.2 Å². The number of anilines is 2. The maximum Gasteiger partial charge on any atom is 0.262 e. The lowest BCUT2D eigenvalue weighted by Gasteiger charge is -2.12. The second-order valence-corrected chi connectivity index (χ2v) is 8.76. The Morgan fingerprint density at radius 3 is 2.18 bits per heavy atom. The SMILES string of the molecule is CCOc1ccc(NS(=O)(=O)c2ccc(OCC(=O)Nc3cc(C)ccc3OC)cc2)cc1. The van der Waals surface area contributed by atoms with Gasteiger partial charge in [-0.15, -0.1) is 0 Å². The summed E-state index contributed by atoms with van der Waals surface area (Å²) >= 11 is 0. The number of methoxy groups -OCH3 is 1. The molecule has 3 aromatic carbocycles. The van der Waals surface area contributed by atoms with E-state index < -0.39 is 10.0 Å². The second kappa shape index (κ2) is 10.7. The molecule has 0 radical (unpaired) electrons. The Labute approximate surface area is 193 Å². The normalized spacial score (nSPS) is 10.9. The Kier molecular flexibility index (Phi) is 7.78. The number of ether oxygens (including phenoxy) is 3. The fourth-order valence-corrected chi connectivity index (χ4v) is 4.03. The van der Waals surface area contributed by atoms with E-state index in [0.29, 0.717) is 35.2 Å². The van der Waals surface area contributed by atoms with Crippen LogP contribution < -0.4 is 24.2 Å². The van der Waals surface area contributed by atoms with E-state index in [1.165, 1.54) is 31.4 Å². The predicted molar refractivity (Wildman–Crippen MR) is 127 cm³/mol. The predicted octanol–water partition coefficient (Wildman–Crippen LogP) is 4.22. The first kappa shape index (κ1) is 23.9. The maximum atomic E-state index is 12.6. The average molecular weight is 471 g/mol. The first-order valence-electron chi connectivity index (χ1n) is 10.2. The third-order valence-electron chi connectivity index (χ3n) is 4.55. The van der Waals surface area contributed by atoms with Gasteiger partial charge in [-0.2, -0.15) is 0 Å². The molecule has 0 saturated heterocycles. The summed E-state index contributed by atoms with van der Waals surface area (Å²) in [6.07, 6.45) is 0. The van der Waals surface area contributed by atoms with Gasteiger partial charge in [0, 0.05) is 5.69 Å². The first-order chi connectivity index (χ1) is 15.8. The van der Waals surface area contributed by atoms with Gasteiger partial charge in [-0.3, -0.25) is 9.52 Å². The molecule has 174 valence electrons. The third-order valence-corrected chi connectivity index (χ3v) is 5.95. The van der Waals surface area contributed by atoms with Gasteiger partial charge in [0.05, 0.1) is 24.3 Å². The van der Waals surface area contributed by atoms with Crippen molar-refractivity contribution in [1.29, 1.82) is 0 Å². The molecule has 3 aromatic rings. The Morgan fingerprint density at radius 2 is 1.55 bits per heavy atom. The number of sulfonamides is 1. The van der Waals surface area contributed by atoms with Gasteiger partial charge in [0.15, 0.2) is 6.61 Å². The highest BCUT2D eigenvalue weighted by molar-refractivity contribution is 7.92. The summed E-state index contributed by atoms with van der Waals surface area (Å²) in [6, 6.07) is 17.9. The molecule has 0 aliphatic carbocycles. The van der Waals surface area contributed by atoms with Crippen LogP contribution in [0.5, 0.6) is 17.2 Å². The van der Waals surface area contributed by atoms with Gasteiger partial charge < -0.3 is 19.5 Å². The van der Waals surface area contributed by atoms with Crippen molar-refractivity contribution < 1.29 is 27.4 Å². The highest BCUT2D eigenvalue weighted by Gasteiger charge is 2.15. The zero-order valence-corrected chi connectivity index (χ0v) is 19.4. The summed E-state index contributed by atoms with van der Waals surface area (Å²) in [5, 5.41) is 2.74. The fourth-order valence-electron chi connectivity index (χ4n) is 2.97. The van der Waals surface area contributed by atoms with Crippen molar-refractivity contribution in [1.82, 2.24) is 0 Å². The number of hydrogen-bond donors (Lipinski definition) is 2. The fraction of sp³-hybridized carbons (Fsp3) is 0.208. The van der Waals surface area contributed by atoms with E-state index in [1.54, 1.807) is 36.4 Å². The van der Waals surface area contributed by atoms with Crippen LogP contribution in [0.2, 0.25) is 0 Å². The highest BCUT2D eigenvalue weighted by Crippen LogP contribution is 2.25. The molecule has 0 spiro atoms. The van der Waals surface area contributed by atoms with E-state index in [2.05, 4.69) is 10.0 Å². The number of nitrogens with one attached hydrogen (secondary N) is 2. The van der Waals surface area contributed by atoms with Crippen molar-refractivity contribution >= 4 is 27.3 Å². The van der Waals surface area contributed by atoms with Crippen molar-refractivity contribution in [2.24, 2.45) is 0 Å². The molecular weight excluding hydrogens is 444 g/mol. The summed E-state index contributed by atoms with van der Waals surface area (Å²) in [5.41, 5.74) is 1.94. The van der Waals surface area contributed by atoms with Crippen molar-refractivity contribution in [2.45, 2.75) is 18.7 Å². The minimum Gasteiger partial charge on any atom is -0.495 e. The zero-order valence-electron chi connectivity index (χ0n) is 18.6. The minimum absolute atomic E-state index is 0.0673. The lowest BCUT2D eigenvalue weighted by Crippen LogP contribution is -2.20. The van der Waals surface area contributed by atoms with Crippen molar-refractivity contribution in [2.75, 3.05) is 30.4 Å². The Morgan fingerprint density at radius 1 is 0.909 bits per heavy atom. The topological polar surface area (TPSA) is 103 Å². The number of carbonyl (C=O) groups is 1. The van der Waals surface area contributed by atoms with Crippen LogP contribution in [0.1, 0.15) is 12.5 Å². The van der Waals surface area contributed by atoms with Crippen molar-refractivity contribution in [3.63, 3.8) is 0 Å². The lowest BCUT2D eigenvalue weighted by molar-refractivity contribution is -0.118. The second-order valence-electron chi connectivity index (χ2n) is 7.07. The molecule has 0 bridgehead atoms. The van der Waals surface area contributed by atoms with Crippen LogP contribution in [0.3, 0.4) is 0 Å². The standard InChI is InChI=1S/C24H26N2O6S/c1-4-31-19-8-6-18(7-9-19)26-33(28,29)21-12-10-20(11-13-21)32-16-24(27)25-22-15-17(2)5-14-23(22)30-3/h5-15,26H,4,16H2,1-3H3,(H,25,27). The van der Waals surface area contributed by atoms with Crippen LogP contribution in [0.25, 0.3) is 0 Å². The van der Waals surface area contributed by atoms with E-state index >= 15 is 0 Å². The number of amides is 1. The van der Waals surface area contributed by atoms with E-state index in [9.17, 15) is 13.2 Å².